The van der Waals surface area contributed by atoms with Crippen molar-refractivity contribution in [3.63, 3.8) is 0 Å². The third-order valence-corrected chi connectivity index (χ3v) is 6.16. The molecule has 1 amide bonds. The Morgan fingerprint density at radius 2 is 1.54 bits per heavy atom. The van der Waals surface area contributed by atoms with Gasteiger partial charge in [-0.05, 0) is 56.3 Å². The molecule has 0 saturated carbocycles. The predicted molar refractivity (Wildman–Crippen MR) is 146 cm³/mol. The summed E-state index contributed by atoms with van der Waals surface area (Å²) in [6, 6.07) is 18.3. The van der Waals surface area contributed by atoms with Crippen LogP contribution in [-0.2, 0) is 30.3 Å². The number of carbonyl (C=O) groups excluding carboxylic acids is 3. The van der Waals surface area contributed by atoms with E-state index in [4.69, 9.17) is 9.47 Å². The van der Waals surface area contributed by atoms with E-state index in [0.29, 0.717) is 26.1 Å². The van der Waals surface area contributed by atoms with Crippen LogP contribution in [0.1, 0.15) is 58.9 Å². The standard InChI is InChI=1S/C30H42N2O5/c1-5-31-23(4)18-19-37-29(34)17-16-28(33)32-27(20-22(3)30(35)36-6-2)21-24-12-14-26(15-13-24)25-10-8-7-9-11-25/h7-15,22-23,27,31H,5-6,16-21H2,1-4H3,(H,32,33)/t22-,23?,27+/m1/s1. The molecule has 2 aromatic carbocycles. The van der Waals surface area contributed by atoms with Crippen molar-refractivity contribution in [3.8, 4) is 11.1 Å². The zero-order valence-corrected chi connectivity index (χ0v) is 22.6. The monoisotopic (exact) mass is 510 g/mol. The van der Waals surface area contributed by atoms with Gasteiger partial charge in [0.2, 0.25) is 5.91 Å². The third kappa shape index (κ3) is 11.6. The van der Waals surface area contributed by atoms with Gasteiger partial charge in [-0.25, -0.2) is 0 Å². The van der Waals surface area contributed by atoms with Crippen molar-refractivity contribution < 1.29 is 23.9 Å². The topological polar surface area (TPSA) is 93.7 Å². The minimum atomic E-state index is -0.383. The largest absolute Gasteiger partial charge is 0.466 e. The summed E-state index contributed by atoms with van der Waals surface area (Å²) in [7, 11) is 0. The predicted octanol–water partition coefficient (Wildman–Crippen LogP) is 4.68. The first kappa shape index (κ1) is 30.0. The fourth-order valence-electron chi connectivity index (χ4n) is 4.14. The lowest BCUT2D eigenvalue weighted by molar-refractivity contribution is -0.148. The number of rotatable bonds is 16. The van der Waals surface area contributed by atoms with Crippen LogP contribution in [0.3, 0.4) is 0 Å². The molecule has 7 heteroatoms. The summed E-state index contributed by atoms with van der Waals surface area (Å²) >= 11 is 0. The Morgan fingerprint density at radius 1 is 0.865 bits per heavy atom. The van der Waals surface area contributed by atoms with Gasteiger partial charge in [0.05, 0.1) is 25.6 Å². The quantitative estimate of drug-likeness (QED) is 0.319. The van der Waals surface area contributed by atoms with E-state index in [1.54, 1.807) is 13.8 Å². The molecule has 0 heterocycles. The molecule has 1 unspecified atom stereocenters. The van der Waals surface area contributed by atoms with Crippen LogP contribution in [0.4, 0.5) is 0 Å². The minimum absolute atomic E-state index is 0.0212. The number of benzene rings is 2. The molecule has 0 saturated heterocycles. The fraction of sp³-hybridized carbons (Fsp3) is 0.500. The van der Waals surface area contributed by atoms with E-state index in [1.165, 1.54) is 0 Å². The van der Waals surface area contributed by atoms with Crippen LogP contribution in [0.5, 0.6) is 0 Å². The Morgan fingerprint density at radius 3 is 2.19 bits per heavy atom. The van der Waals surface area contributed by atoms with Crippen LogP contribution in [-0.4, -0.2) is 49.7 Å². The average molecular weight is 511 g/mol. The molecule has 37 heavy (non-hydrogen) atoms. The van der Waals surface area contributed by atoms with Gasteiger partial charge in [0.15, 0.2) is 0 Å². The second kappa shape index (κ2) is 16.5. The molecule has 0 aliphatic rings. The van der Waals surface area contributed by atoms with E-state index < -0.39 is 0 Å². The number of carbonyl (C=O) groups is 3. The molecular weight excluding hydrogens is 468 g/mol. The number of hydrogen-bond acceptors (Lipinski definition) is 6. The number of hydrogen-bond donors (Lipinski definition) is 2. The highest BCUT2D eigenvalue weighted by Crippen LogP contribution is 2.21. The van der Waals surface area contributed by atoms with Gasteiger partial charge in [-0.2, -0.15) is 0 Å². The van der Waals surface area contributed by atoms with E-state index in [9.17, 15) is 14.4 Å². The van der Waals surface area contributed by atoms with Crippen molar-refractivity contribution in [2.45, 2.75) is 71.9 Å². The summed E-state index contributed by atoms with van der Waals surface area (Å²) in [5, 5.41) is 6.29. The Kier molecular flexibility index (Phi) is 13.4. The molecule has 0 spiro atoms. The highest BCUT2D eigenvalue weighted by Gasteiger charge is 2.22. The zero-order chi connectivity index (χ0) is 27.0. The van der Waals surface area contributed by atoms with E-state index in [1.807, 2.05) is 44.2 Å². The van der Waals surface area contributed by atoms with Crippen molar-refractivity contribution in [2.75, 3.05) is 19.8 Å². The maximum Gasteiger partial charge on any atom is 0.308 e. The molecular formula is C30H42N2O5. The summed E-state index contributed by atoms with van der Waals surface area (Å²) in [4.78, 5) is 37.0. The second-order valence-corrected chi connectivity index (χ2v) is 9.39. The maximum absolute atomic E-state index is 12.7. The van der Waals surface area contributed by atoms with Crippen molar-refractivity contribution in [1.82, 2.24) is 10.6 Å². The average Bonchev–Trinajstić information content (AvgIpc) is 2.88. The fourth-order valence-corrected chi connectivity index (χ4v) is 4.14. The molecule has 7 nitrogen and oxygen atoms in total. The Balaban J connectivity index is 1.94. The van der Waals surface area contributed by atoms with Gasteiger partial charge in [-0.3, -0.25) is 14.4 Å². The summed E-state index contributed by atoms with van der Waals surface area (Å²) in [6.45, 7) is 9.16. The van der Waals surface area contributed by atoms with Crippen molar-refractivity contribution >= 4 is 17.8 Å². The molecule has 0 radical (unpaired) electrons. The molecule has 2 N–H and O–H groups in total. The van der Waals surface area contributed by atoms with E-state index in [0.717, 1.165) is 29.7 Å². The van der Waals surface area contributed by atoms with Gasteiger partial charge in [-0.15, -0.1) is 0 Å². The van der Waals surface area contributed by atoms with Crippen LogP contribution >= 0.6 is 0 Å². The van der Waals surface area contributed by atoms with Crippen LogP contribution in [0.2, 0.25) is 0 Å². The van der Waals surface area contributed by atoms with Gasteiger partial charge in [0.25, 0.3) is 0 Å². The van der Waals surface area contributed by atoms with Gasteiger partial charge >= 0.3 is 11.9 Å². The minimum Gasteiger partial charge on any atom is -0.466 e. The molecule has 0 aliphatic heterocycles. The zero-order valence-electron chi connectivity index (χ0n) is 22.6. The summed E-state index contributed by atoms with van der Waals surface area (Å²) in [6.07, 6.45) is 1.80. The first-order valence-electron chi connectivity index (χ1n) is 13.3. The number of esters is 2. The Bertz CT molecular complexity index is 962. The van der Waals surface area contributed by atoms with Crippen LogP contribution < -0.4 is 10.6 Å². The SMILES string of the molecule is CCNC(C)CCOC(=O)CCC(=O)N[C@H](Cc1ccc(-c2ccccc2)cc1)C[C@@H](C)C(=O)OCC. The van der Waals surface area contributed by atoms with Gasteiger partial charge in [0, 0.05) is 18.5 Å². The van der Waals surface area contributed by atoms with Crippen LogP contribution in [0.15, 0.2) is 54.6 Å². The summed E-state index contributed by atoms with van der Waals surface area (Å²) in [5.74, 6) is -1.26. The maximum atomic E-state index is 12.7. The molecule has 0 aliphatic carbocycles. The Labute approximate surface area is 221 Å². The van der Waals surface area contributed by atoms with Gasteiger partial charge in [0.1, 0.15) is 0 Å². The van der Waals surface area contributed by atoms with Crippen molar-refractivity contribution in [2.24, 2.45) is 5.92 Å². The molecule has 0 aromatic heterocycles. The normalized spacial score (nSPS) is 13.3. The second-order valence-electron chi connectivity index (χ2n) is 9.39. The summed E-state index contributed by atoms with van der Waals surface area (Å²) in [5.41, 5.74) is 3.30. The van der Waals surface area contributed by atoms with Crippen LogP contribution in [0, 0.1) is 5.92 Å². The van der Waals surface area contributed by atoms with Gasteiger partial charge in [-0.1, -0.05) is 68.4 Å². The lowest BCUT2D eigenvalue weighted by Crippen LogP contribution is -2.39. The first-order chi connectivity index (χ1) is 17.8. The molecule has 2 aromatic rings. The number of ether oxygens (including phenoxy) is 2. The molecule has 202 valence electrons. The van der Waals surface area contributed by atoms with E-state index in [-0.39, 0.29) is 48.7 Å². The highest BCUT2D eigenvalue weighted by atomic mass is 16.5. The highest BCUT2D eigenvalue weighted by molar-refractivity contribution is 5.81. The first-order valence-corrected chi connectivity index (χ1v) is 13.3. The van der Waals surface area contributed by atoms with Crippen molar-refractivity contribution in [3.05, 3.63) is 60.2 Å². The van der Waals surface area contributed by atoms with E-state index in [2.05, 4.69) is 34.9 Å². The molecule has 3 atom stereocenters. The molecule has 2 rings (SSSR count). The van der Waals surface area contributed by atoms with Crippen molar-refractivity contribution in [1.29, 1.82) is 0 Å². The molecule has 0 bridgehead atoms. The third-order valence-electron chi connectivity index (χ3n) is 6.16. The Hall–Kier alpha value is -3.19. The lowest BCUT2D eigenvalue weighted by Gasteiger charge is -2.22. The van der Waals surface area contributed by atoms with Gasteiger partial charge < -0.3 is 20.1 Å². The summed E-state index contributed by atoms with van der Waals surface area (Å²) < 4.78 is 10.4. The number of amides is 1. The van der Waals surface area contributed by atoms with E-state index >= 15 is 0 Å². The smallest absolute Gasteiger partial charge is 0.308 e. The van der Waals surface area contributed by atoms with Crippen LogP contribution in [0.25, 0.3) is 11.1 Å². The molecule has 0 fully saturated rings. The lowest BCUT2D eigenvalue weighted by atomic mass is 9.94. The number of nitrogens with one attached hydrogen (secondary N) is 2.